The van der Waals surface area contributed by atoms with E-state index in [0.717, 1.165) is 54.3 Å². The van der Waals surface area contributed by atoms with E-state index in [1.165, 1.54) is 25.0 Å². The van der Waals surface area contributed by atoms with Gasteiger partial charge in [-0.15, -0.1) is 0 Å². The minimum absolute atomic E-state index is 0.0667. The van der Waals surface area contributed by atoms with Crippen molar-refractivity contribution in [1.82, 2.24) is 4.57 Å². The highest BCUT2D eigenvalue weighted by Crippen LogP contribution is 2.35. The first-order chi connectivity index (χ1) is 15.5. The van der Waals surface area contributed by atoms with Crippen molar-refractivity contribution in [2.24, 2.45) is 0 Å². The fraction of sp³-hybridized carbons (Fsp3) is 0.379. The Morgan fingerprint density at radius 3 is 2.53 bits per heavy atom. The second-order valence-corrected chi connectivity index (χ2v) is 8.48. The quantitative estimate of drug-likeness (QED) is 0.153. The van der Waals surface area contributed by atoms with Crippen LogP contribution in [0.4, 0.5) is 0 Å². The van der Waals surface area contributed by atoms with Gasteiger partial charge in [-0.3, -0.25) is 9.59 Å². The molecule has 0 radical (unpaired) electrons. The number of rotatable bonds is 12. The van der Waals surface area contributed by atoms with Gasteiger partial charge in [0.1, 0.15) is 0 Å². The van der Waals surface area contributed by atoms with Crippen LogP contribution in [0.2, 0.25) is 0 Å². The van der Waals surface area contributed by atoms with Crippen LogP contribution in [0.25, 0.3) is 17.0 Å². The van der Waals surface area contributed by atoms with Crippen LogP contribution in [0.3, 0.4) is 0 Å². The molecule has 0 fully saturated rings. The Balaban J connectivity index is 1.95. The summed E-state index contributed by atoms with van der Waals surface area (Å²) in [5, 5.41) is 1.04. The van der Waals surface area contributed by atoms with Gasteiger partial charge in [-0.25, -0.2) is 0 Å². The molecule has 1 heterocycles. The number of aromatic nitrogens is 1. The summed E-state index contributed by atoms with van der Waals surface area (Å²) < 4.78 is 2.31. The Morgan fingerprint density at radius 2 is 1.84 bits per heavy atom. The maximum Gasteiger partial charge on any atom is 0.193 e. The van der Waals surface area contributed by atoms with Crippen LogP contribution in [0.1, 0.15) is 80.4 Å². The lowest BCUT2D eigenvalue weighted by Gasteiger charge is -2.16. The zero-order valence-corrected chi connectivity index (χ0v) is 19.6. The predicted octanol–water partition coefficient (Wildman–Crippen LogP) is 7.40. The molecule has 0 amide bonds. The summed E-state index contributed by atoms with van der Waals surface area (Å²) in [6.45, 7) is 12.7. The SMILES string of the molecule is C=C/C=C(\C=C)C(=O)c1ccc2c(c1)c1c(n2CC)CCC(C(=O)CCCCCCC)=C1. The van der Waals surface area contributed by atoms with Gasteiger partial charge < -0.3 is 4.57 Å². The van der Waals surface area contributed by atoms with Gasteiger partial charge in [0.15, 0.2) is 11.6 Å². The summed E-state index contributed by atoms with van der Waals surface area (Å²) in [7, 11) is 0. The van der Waals surface area contributed by atoms with E-state index >= 15 is 0 Å². The molecule has 3 heteroatoms. The normalized spacial score (nSPS) is 13.6. The standard InChI is InChI=1S/C29H35NO2/c1-5-9-10-11-12-14-28(31)22-15-17-26-24(19-22)25-20-23(16-18-27(25)30(26)8-4)29(32)21(7-3)13-6-2/h6-7,13,16,18-20H,2-3,5,8-12,14-15,17H2,1,4H3/b21-13+. The molecule has 1 aliphatic rings. The van der Waals surface area contributed by atoms with E-state index in [1.54, 1.807) is 18.2 Å². The molecule has 3 rings (SSSR count). The van der Waals surface area contributed by atoms with E-state index < -0.39 is 0 Å². The van der Waals surface area contributed by atoms with Crippen molar-refractivity contribution in [3.63, 3.8) is 0 Å². The van der Waals surface area contributed by atoms with Crippen LogP contribution in [0, 0.1) is 0 Å². The van der Waals surface area contributed by atoms with E-state index in [0.29, 0.717) is 17.6 Å². The Morgan fingerprint density at radius 1 is 1.06 bits per heavy atom. The van der Waals surface area contributed by atoms with Crippen molar-refractivity contribution in [2.75, 3.05) is 0 Å². The van der Waals surface area contributed by atoms with Crippen molar-refractivity contribution in [2.45, 2.75) is 71.8 Å². The number of aryl methyl sites for hydroxylation is 1. The zero-order chi connectivity index (χ0) is 23.1. The molecule has 0 saturated carbocycles. The Hall–Kier alpha value is -2.94. The number of allylic oxidation sites excluding steroid dienone is 5. The molecule has 0 saturated heterocycles. The van der Waals surface area contributed by atoms with Crippen molar-refractivity contribution in [1.29, 1.82) is 0 Å². The third-order valence-corrected chi connectivity index (χ3v) is 6.39. The molecule has 2 aromatic rings. The average molecular weight is 430 g/mol. The van der Waals surface area contributed by atoms with Gasteiger partial charge in [0, 0.05) is 46.3 Å². The summed E-state index contributed by atoms with van der Waals surface area (Å²) in [6, 6.07) is 5.88. The van der Waals surface area contributed by atoms with Crippen LogP contribution in [0.5, 0.6) is 0 Å². The second kappa shape index (κ2) is 11.1. The molecule has 168 valence electrons. The molecular formula is C29H35NO2. The topological polar surface area (TPSA) is 39.1 Å². The lowest BCUT2D eigenvalue weighted by Crippen LogP contribution is -2.10. The van der Waals surface area contributed by atoms with Crippen LogP contribution >= 0.6 is 0 Å². The summed E-state index contributed by atoms with van der Waals surface area (Å²) in [4.78, 5) is 25.8. The van der Waals surface area contributed by atoms with Gasteiger partial charge in [-0.05, 0) is 56.0 Å². The Labute approximate surface area is 192 Å². The molecule has 1 aromatic heterocycles. The minimum Gasteiger partial charge on any atom is -0.344 e. The monoisotopic (exact) mass is 429 g/mol. The molecule has 0 bridgehead atoms. The third-order valence-electron chi connectivity index (χ3n) is 6.39. The number of carbonyl (C=O) groups is 2. The number of nitrogens with zero attached hydrogens (tertiary/aromatic N) is 1. The molecular weight excluding hydrogens is 394 g/mol. The molecule has 0 unspecified atom stereocenters. The Bertz CT molecular complexity index is 1090. The minimum atomic E-state index is -0.0667. The van der Waals surface area contributed by atoms with E-state index in [-0.39, 0.29) is 11.6 Å². The van der Waals surface area contributed by atoms with E-state index in [4.69, 9.17) is 0 Å². The Kier molecular flexibility index (Phi) is 8.21. The van der Waals surface area contributed by atoms with Crippen LogP contribution in [-0.2, 0) is 17.8 Å². The first-order valence-electron chi connectivity index (χ1n) is 11.9. The van der Waals surface area contributed by atoms with Gasteiger partial charge >= 0.3 is 0 Å². The summed E-state index contributed by atoms with van der Waals surface area (Å²) in [6.07, 6.45) is 15.0. The largest absolute Gasteiger partial charge is 0.344 e. The van der Waals surface area contributed by atoms with Gasteiger partial charge in [0.2, 0.25) is 0 Å². The molecule has 1 aliphatic carbocycles. The van der Waals surface area contributed by atoms with Gasteiger partial charge in [0.25, 0.3) is 0 Å². The molecule has 0 aliphatic heterocycles. The average Bonchev–Trinajstić information content (AvgIpc) is 3.14. The third kappa shape index (κ3) is 4.93. The molecule has 32 heavy (non-hydrogen) atoms. The van der Waals surface area contributed by atoms with Crippen LogP contribution in [-0.4, -0.2) is 16.1 Å². The van der Waals surface area contributed by atoms with Crippen molar-refractivity contribution in [3.8, 4) is 0 Å². The molecule has 0 spiro atoms. The van der Waals surface area contributed by atoms with Gasteiger partial charge in [-0.1, -0.05) is 64.0 Å². The molecule has 1 aromatic carbocycles. The van der Waals surface area contributed by atoms with E-state index in [9.17, 15) is 9.59 Å². The fourth-order valence-corrected chi connectivity index (χ4v) is 4.67. The maximum atomic E-state index is 13.0. The smallest absolute Gasteiger partial charge is 0.193 e. The zero-order valence-electron chi connectivity index (χ0n) is 19.6. The number of Topliss-reactive ketones (excluding diaryl/α,β-unsaturated/α-hetero) is 2. The number of hydrogen-bond acceptors (Lipinski definition) is 2. The fourth-order valence-electron chi connectivity index (χ4n) is 4.67. The van der Waals surface area contributed by atoms with Gasteiger partial charge in [0.05, 0.1) is 0 Å². The molecule has 0 atom stereocenters. The summed E-state index contributed by atoms with van der Waals surface area (Å²) >= 11 is 0. The highest BCUT2D eigenvalue weighted by Gasteiger charge is 2.23. The second-order valence-electron chi connectivity index (χ2n) is 8.48. The van der Waals surface area contributed by atoms with Crippen molar-refractivity contribution < 1.29 is 9.59 Å². The number of benzene rings is 1. The molecule has 0 N–H and O–H groups in total. The number of carbonyl (C=O) groups excluding carboxylic acids is 2. The predicted molar refractivity (Wildman–Crippen MR) is 135 cm³/mol. The first kappa shape index (κ1) is 23.7. The summed E-state index contributed by atoms with van der Waals surface area (Å²) in [5.74, 6) is 0.211. The highest BCUT2D eigenvalue weighted by molar-refractivity contribution is 6.13. The number of ketones is 2. The van der Waals surface area contributed by atoms with Crippen molar-refractivity contribution >= 4 is 28.5 Å². The number of hydrogen-bond donors (Lipinski definition) is 0. The van der Waals surface area contributed by atoms with Gasteiger partial charge in [-0.2, -0.15) is 0 Å². The summed E-state index contributed by atoms with van der Waals surface area (Å²) in [5.41, 5.74) is 5.56. The maximum absolute atomic E-state index is 13.0. The lowest BCUT2D eigenvalue weighted by molar-refractivity contribution is -0.115. The number of unbranched alkanes of at least 4 members (excludes halogenated alkanes) is 4. The number of fused-ring (bicyclic) bond motifs is 3. The van der Waals surface area contributed by atoms with Crippen LogP contribution < -0.4 is 0 Å². The first-order valence-corrected chi connectivity index (χ1v) is 11.9. The lowest BCUT2D eigenvalue weighted by atomic mass is 9.91. The molecule has 3 nitrogen and oxygen atoms in total. The van der Waals surface area contributed by atoms with E-state index in [2.05, 4.69) is 37.6 Å². The van der Waals surface area contributed by atoms with Crippen LogP contribution in [0.15, 0.2) is 60.7 Å². The van der Waals surface area contributed by atoms with Crippen molar-refractivity contribution in [3.05, 3.63) is 77.6 Å². The van der Waals surface area contributed by atoms with E-state index in [1.807, 2.05) is 18.2 Å². The highest BCUT2D eigenvalue weighted by atomic mass is 16.1.